The summed E-state index contributed by atoms with van der Waals surface area (Å²) in [5.74, 6) is -0.327. The van der Waals surface area contributed by atoms with E-state index in [0.717, 1.165) is 44.2 Å². The van der Waals surface area contributed by atoms with Crippen molar-refractivity contribution in [2.75, 3.05) is 35.7 Å². The number of hydrogen-bond donors (Lipinski definition) is 3. The van der Waals surface area contributed by atoms with Crippen molar-refractivity contribution in [2.24, 2.45) is 5.92 Å². The number of carbonyl (C=O) groups excluding carboxylic acids is 2. The molecule has 1 aromatic heterocycles. The lowest BCUT2D eigenvalue weighted by molar-refractivity contribution is -0.149. The topological polar surface area (TPSA) is 114 Å². The summed E-state index contributed by atoms with van der Waals surface area (Å²) >= 11 is 6.11. The molecule has 2 aromatic carbocycles. The molecule has 1 saturated heterocycles. The van der Waals surface area contributed by atoms with Gasteiger partial charge in [-0.1, -0.05) is 29.8 Å². The first kappa shape index (κ1) is 29.7. The van der Waals surface area contributed by atoms with Crippen LogP contribution in [0.15, 0.2) is 48.7 Å². The molecule has 1 aliphatic heterocycles. The summed E-state index contributed by atoms with van der Waals surface area (Å²) in [5.41, 5.74) is 2.05. The molecule has 0 bridgehead atoms. The van der Waals surface area contributed by atoms with E-state index in [2.05, 4.69) is 38.1 Å². The van der Waals surface area contributed by atoms with Crippen LogP contribution < -0.4 is 16.0 Å². The molecular formula is C31H35ClFN5O4. The number of rotatable bonds is 10. The first-order valence-electron chi connectivity index (χ1n) is 14.4. The molecule has 0 radical (unpaired) electrons. The third kappa shape index (κ3) is 7.35. The van der Waals surface area contributed by atoms with Crippen molar-refractivity contribution in [3.8, 4) is 0 Å². The van der Waals surface area contributed by atoms with Gasteiger partial charge in [-0.15, -0.1) is 0 Å². The van der Waals surface area contributed by atoms with Crippen molar-refractivity contribution >= 4 is 46.6 Å². The Morgan fingerprint density at radius 3 is 2.57 bits per heavy atom. The second-order valence-corrected chi connectivity index (χ2v) is 11.0. The number of halogens is 2. The first-order valence-corrected chi connectivity index (χ1v) is 14.8. The van der Waals surface area contributed by atoms with E-state index in [1.54, 1.807) is 0 Å². The van der Waals surface area contributed by atoms with Crippen LogP contribution in [0.5, 0.6) is 0 Å². The van der Waals surface area contributed by atoms with Gasteiger partial charge in [0.1, 0.15) is 17.2 Å². The lowest BCUT2D eigenvalue weighted by Crippen LogP contribution is -2.23. The SMILES string of the molecule is CCOC(=O)C1CCC(c2ccc(Nc3ncc(C(=O)Nc4c(F)cccc4Cl)c(NCC4CCCO4)n3)cc2)CC1. The Labute approximate surface area is 249 Å². The van der Waals surface area contributed by atoms with E-state index >= 15 is 0 Å². The Balaban J connectivity index is 1.27. The number of anilines is 4. The van der Waals surface area contributed by atoms with Gasteiger partial charge in [0.2, 0.25) is 5.95 Å². The van der Waals surface area contributed by atoms with E-state index < -0.39 is 11.7 Å². The fourth-order valence-electron chi connectivity index (χ4n) is 5.45. The maximum Gasteiger partial charge on any atom is 0.308 e. The molecule has 1 aliphatic carbocycles. The van der Waals surface area contributed by atoms with Crippen LogP contribution in [0.4, 0.5) is 27.5 Å². The van der Waals surface area contributed by atoms with Crippen molar-refractivity contribution in [1.29, 1.82) is 0 Å². The highest BCUT2D eigenvalue weighted by Gasteiger charge is 2.28. The van der Waals surface area contributed by atoms with Crippen LogP contribution in [0.25, 0.3) is 0 Å². The van der Waals surface area contributed by atoms with Crippen LogP contribution in [0, 0.1) is 11.7 Å². The minimum atomic E-state index is -0.639. The van der Waals surface area contributed by atoms with Gasteiger partial charge in [0.15, 0.2) is 0 Å². The minimum absolute atomic E-state index is 0.00363. The Bertz CT molecular complexity index is 1370. The molecule has 42 heavy (non-hydrogen) atoms. The monoisotopic (exact) mass is 595 g/mol. The third-order valence-electron chi connectivity index (χ3n) is 7.74. The zero-order chi connectivity index (χ0) is 29.5. The molecule has 0 spiro atoms. The molecule has 222 valence electrons. The van der Waals surface area contributed by atoms with Gasteiger partial charge in [-0.25, -0.2) is 9.37 Å². The van der Waals surface area contributed by atoms with Gasteiger partial charge < -0.3 is 25.4 Å². The molecule has 9 nitrogen and oxygen atoms in total. The molecular weight excluding hydrogens is 561 g/mol. The molecule has 1 atom stereocenters. The van der Waals surface area contributed by atoms with Crippen molar-refractivity contribution in [3.63, 3.8) is 0 Å². The predicted molar refractivity (Wildman–Crippen MR) is 160 cm³/mol. The van der Waals surface area contributed by atoms with Crippen molar-refractivity contribution in [3.05, 3.63) is 70.6 Å². The number of esters is 1. The van der Waals surface area contributed by atoms with Crippen molar-refractivity contribution in [1.82, 2.24) is 9.97 Å². The largest absolute Gasteiger partial charge is 0.466 e. The second-order valence-electron chi connectivity index (χ2n) is 10.6. The highest BCUT2D eigenvalue weighted by Crippen LogP contribution is 2.37. The van der Waals surface area contributed by atoms with Crippen LogP contribution in [0.1, 0.15) is 67.3 Å². The molecule has 5 rings (SSSR count). The third-order valence-corrected chi connectivity index (χ3v) is 8.06. The van der Waals surface area contributed by atoms with E-state index in [1.807, 2.05) is 19.1 Å². The van der Waals surface area contributed by atoms with E-state index in [9.17, 15) is 14.0 Å². The number of nitrogens with one attached hydrogen (secondary N) is 3. The molecule has 1 saturated carbocycles. The zero-order valence-corrected chi connectivity index (χ0v) is 24.3. The summed E-state index contributed by atoms with van der Waals surface area (Å²) in [6, 6.07) is 12.3. The van der Waals surface area contributed by atoms with E-state index in [-0.39, 0.29) is 34.3 Å². The quantitative estimate of drug-likeness (QED) is 0.222. The van der Waals surface area contributed by atoms with Crippen LogP contribution >= 0.6 is 11.6 Å². The average molecular weight is 596 g/mol. The fourth-order valence-corrected chi connectivity index (χ4v) is 5.66. The number of ether oxygens (including phenoxy) is 2. The summed E-state index contributed by atoms with van der Waals surface area (Å²) in [6.07, 6.45) is 6.85. The Hall–Kier alpha value is -3.76. The highest BCUT2D eigenvalue weighted by atomic mass is 35.5. The zero-order valence-electron chi connectivity index (χ0n) is 23.5. The number of nitrogens with zero attached hydrogens (tertiary/aromatic N) is 2. The normalized spacial score (nSPS) is 20.1. The number of amides is 1. The Morgan fingerprint density at radius 2 is 1.88 bits per heavy atom. The molecule has 2 fully saturated rings. The number of carbonyl (C=O) groups is 2. The Morgan fingerprint density at radius 1 is 1.10 bits per heavy atom. The molecule has 3 N–H and O–H groups in total. The smallest absolute Gasteiger partial charge is 0.308 e. The standard InChI is InChI=1S/C31H35ClFN5O4/c1-2-41-30(40)21-10-8-19(9-11-21)20-12-14-22(15-13-20)36-31-35-18-24(28(38-31)34-17-23-5-4-16-42-23)29(39)37-27-25(32)6-3-7-26(27)33/h3,6-7,12-15,18-19,21,23H,2,4-5,8-11,16-17H2,1H3,(H,37,39)(H2,34,35,36,38). The van der Waals surface area contributed by atoms with Crippen LogP contribution in [-0.4, -0.2) is 47.7 Å². The summed E-state index contributed by atoms with van der Waals surface area (Å²) < 4.78 is 25.2. The molecule has 11 heteroatoms. The van der Waals surface area contributed by atoms with E-state index in [4.69, 9.17) is 21.1 Å². The van der Waals surface area contributed by atoms with Gasteiger partial charge >= 0.3 is 5.97 Å². The van der Waals surface area contributed by atoms with Gasteiger partial charge in [0.05, 0.1) is 29.3 Å². The summed E-state index contributed by atoms with van der Waals surface area (Å²) in [5, 5.41) is 9.05. The average Bonchev–Trinajstić information content (AvgIpc) is 3.53. The maximum atomic E-state index is 14.3. The summed E-state index contributed by atoms with van der Waals surface area (Å²) in [4.78, 5) is 34.1. The van der Waals surface area contributed by atoms with Gasteiger partial charge in [0.25, 0.3) is 5.91 Å². The van der Waals surface area contributed by atoms with Crippen molar-refractivity contribution in [2.45, 2.75) is 57.5 Å². The lowest BCUT2D eigenvalue weighted by Gasteiger charge is -2.27. The van der Waals surface area contributed by atoms with Gasteiger partial charge in [-0.05, 0) is 81.2 Å². The molecule has 1 amide bonds. The molecule has 2 aliphatic rings. The number of para-hydroxylation sites is 1. The van der Waals surface area contributed by atoms with Gasteiger partial charge in [-0.3, -0.25) is 9.59 Å². The fraction of sp³-hybridized carbons (Fsp3) is 0.419. The second kappa shape index (κ2) is 13.9. The number of benzene rings is 2. The highest BCUT2D eigenvalue weighted by molar-refractivity contribution is 6.34. The maximum absolute atomic E-state index is 14.3. The number of hydrogen-bond acceptors (Lipinski definition) is 8. The summed E-state index contributed by atoms with van der Waals surface area (Å²) in [7, 11) is 0. The van der Waals surface area contributed by atoms with E-state index in [1.165, 1.54) is 30.0 Å². The molecule has 2 heterocycles. The first-order chi connectivity index (χ1) is 20.4. The summed E-state index contributed by atoms with van der Waals surface area (Å²) in [6.45, 7) is 3.42. The predicted octanol–water partition coefficient (Wildman–Crippen LogP) is 6.69. The van der Waals surface area contributed by atoms with Crippen LogP contribution in [-0.2, 0) is 14.3 Å². The van der Waals surface area contributed by atoms with Gasteiger partial charge in [-0.2, -0.15) is 4.98 Å². The lowest BCUT2D eigenvalue weighted by atomic mass is 9.79. The number of aromatic nitrogens is 2. The molecule has 1 unspecified atom stereocenters. The van der Waals surface area contributed by atoms with Crippen LogP contribution in [0.3, 0.4) is 0 Å². The van der Waals surface area contributed by atoms with Crippen molar-refractivity contribution < 1.29 is 23.5 Å². The van der Waals surface area contributed by atoms with Gasteiger partial charge in [0, 0.05) is 25.0 Å². The molecule has 3 aromatic rings. The van der Waals surface area contributed by atoms with Crippen LogP contribution in [0.2, 0.25) is 5.02 Å². The minimum Gasteiger partial charge on any atom is -0.466 e. The van der Waals surface area contributed by atoms with E-state index in [0.29, 0.717) is 37.4 Å². The Kier molecular flexibility index (Phi) is 9.86.